The maximum atomic E-state index is 13.2. The predicted molar refractivity (Wildman–Crippen MR) is 200 cm³/mol. The third-order valence-electron chi connectivity index (χ3n) is 7.82. The molecule has 278 valence electrons. The standard InChI is InChI=1S/C36H44Cl6O8/c1-5-7-9-11-13-15-21(3)19-47-33(43)27-29(41)23(37)17-25(39)31(27)49-35(45)36(46)50-32-26(40)18-24(38)30(42)28(32)34(44)48-20-22(4)16-14-12-10-8-6-2/h17-18,21-22H,5-16,19-20H2,1-4H3. The van der Waals surface area contributed by atoms with Crippen molar-refractivity contribution in [3.05, 3.63) is 53.4 Å². The van der Waals surface area contributed by atoms with Crippen LogP contribution in [0.1, 0.15) is 125 Å². The molecule has 0 N–H and O–H groups in total. The highest BCUT2D eigenvalue weighted by Gasteiger charge is 2.32. The summed E-state index contributed by atoms with van der Waals surface area (Å²) in [5, 5.41) is -1.48. The van der Waals surface area contributed by atoms with Crippen LogP contribution in [-0.4, -0.2) is 37.1 Å². The van der Waals surface area contributed by atoms with Crippen molar-refractivity contribution >= 4 is 93.5 Å². The Morgan fingerprint density at radius 3 is 1.22 bits per heavy atom. The molecule has 2 atom stereocenters. The molecule has 50 heavy (non-hydrogen) atoms. The van der Waals surface area contributed by atoms with Gasteiger partial charge in [0.25, 0.3) is 0 Å². The van der Waals surface area contributed by atoms with Gasteiger partial charge in [-0.1, -0.05) is 162 Å². The molecular formula is C36H44Cl6O8. The molecule has 0 radical (unpaired) electrons. The second-order valence-corrected chi connectivity index (χ2v) is 14.7. The number of hydrogen-bond acceptors (Lipinski definition) is 8. The molecule has 0 aliphatic carbocycles. The monoisotopic (exact) mass is 814 g/mol. The van der Waals surface area contributed by atoms with Crippen molar-refractivity contribution in [2.45, 2.75) is 105 Å². The third kappa shape index (κ3) is 13.9. The predicted octanol–water partition coefficient (Wildman–Crippen LogP) is 12.4. The Bertz CT molecular complexity index is 1370. The van der Waals surface area contributed by atoms with E-state index in [4.69, 9.17) is 88.6 Å². The number of ether oxygens (including phenoxy) is 4. The van der Waals surface area contributed by atoms with Crippen LogP contribution in [0.4, 0.5) is 0 Å². The number of carbonyl (C=O) groups excluding carboxylic acids is 4. The lowest BCUT2D eigenvalue weighted by Crippen LogP contribution is -2.27. The van der Waals surface area contributed by atoms with E-state index in [2.05, 4.69) is 13.8 Å². The van der Waals surface area contributed by atoms with Crippen molar-refractivity contribution in [1.29, 1.82) is 0 Å². The van der Waals surface area contributed by atoms with Gasteiger partial charge in [0.15, 0.2) is 11.5 Å². The normalized spacial score (nSPS) is 12.3. The fourth-order valence-corrected chi connectivity index (χ4v) is 6.37. The number of carbonyl (C=O) groups is 4. The Labute approximate surface area is 324 Å². The molecule has 2 aromatic rings. The van der Waals surface area contributed by atoms with Gasteiger partial charge in [-0.3, -0.25) is 0 Å². The summed E-state index contributed by atoms with van der Waals surface area (Å²) >= 11 is 37.5. The average Bonchev–Trinajstić information content (AvgIpc) is 3.07. The molecule has 0 aliphatic heterocycles. The van der Waals surface area contributed by atoms with E-state index in [1.54, 1.807) is 0 Å². The van der Waals surface area contributed by atoms with Gasteiger partial charge in [-0.25, -0.2) is 19.2 Å². The van der Waals surface area contributed by atoms with E-state index in [1.807, 2.05) is 13.8 Å². The lowest BCUT2D eigenvalue weighted by molar-refractivity contribution is -0.156. The molecule has 0 aliphatic rings. The summed E-state index contributed by atoms with van der Waals surface area (Å²) in [7, 11) is 0. The minimum Gasteiger partial charge on any atom is -0.462 e. The lowest BCUT2D eigenvalue weighted by Gasteiger charge is -2.17. The summed E-state index contributed by atoms with van der Waals surface area (Å²) in [5.41, 5.74) is -0.923. The first-order chi connectivity index (χ1) is 23.7. The van der Waals surface area contributed by atoms with Crippen LogP contribution < -0.4 is 9.47 Å². The van der Waals surface area contributed by atoms with Crippen LogP contribution in [0.3, 0.4) is 0 Å². The summed E-state index contributed by atoms with van der Waals surface area (Å²) in [6.07, 6.45) is 12.7. The van der Waals surface area contributed by atoms with Crippen molar-refractivity contribution < 1.29 is 38.1 Å². The van der Waals surface area contributed by atoms with Crippen LogP contribution in [0.15, 0.2) is 12.1 Å². The van der Waals surface area contributed by atoms with Gasteiger partial charge in [-0.15, -0.1) is 0 Å². The first kappa shape index (κ1) is 44.2. The first-order valence-corrected chi connectivity index (χ1v) is 19.1. The first-order valence-electron chi connectivity index (χ1n) is 16.9. The summed E-state index contributed by atoms with van der Waals surface area (Å²) in [6.45, 7) is 8.26. The van der Waals surface area contributed by atoms with E-state index in [-0.39, 0.29) is 55.2 Å². The topological polar surface area (TPSA) is 105 Å². The maximum Gasteiger partial charge on any atom is 0.423 e. The van der Waals surface area contributed by atoms with Crippen LogP contribution >= 0.6 is 69.6 Å². The molecule has 14 heteroatoms. The van der Waals surface area contributed by atoms with E-state index in [9.17, 15) is 19.2 Å². The smallest absolute Gasteiger partial charge is 0.423 e. The molecule has 8 nitrogen and oxygen atoms in total. The third-order valence-corrected chi connectivity index (χ3v) is 9.95. The summed E-state index contributed by atoms with van der Waals surface area (Å²) in [5.74, 6) is -6.32. The highest BCUT2D eigenvalue weighted by molar-refractivity contribution is 6.47. The Morgan fingerprint density at radius 2 is 0.880 bits per heavy atom. The minimum atomic E-state index is -1.64. The molecule has 0 amide bonds. The van der Waals surface area contributed by atoms with Gasteiger partial charge in [-0.2, -0.15) is 0 Å². The van der Waals surface area contributed by atoms with Crippen LogP contribution in [-0.2, 0) is 19.1 Å². The Hall–Kier alpha value is -1.94. The number of halogens is 6. The number of unbranched alkanes of at least 4 members (excludes halogenated alkanes) is 8. The Morgan fingerprint density at radius 1 is 0.540 bits per heavy atom. The van der Waals surface area contributed by atoms with Gasteiger partial charge in [-0.05, 0) is 36.8 Å². The molecule has 0 spiro atoms. The van der Waals surface area contributed by atoms with E-state index in [0.717, 1.165) is 76.3 Å². The van der Waals surface area contributed by atoms with Gasteiger partial charge in [0.1, 0.15) is 11.1 Å². The zero-order valence-electron chi connectivity index (χ0n) is 28.7. The molecule has 2 rings (SSSR count). The molecule has 2 unspecified atom stereocenters. The minimum absolute atomic E-state index is 0.0329. The fourth-order valence-electron chi connectivity index (χ4n) is 4.93. The van der Waals surface area contributed by atoms with Crippen molar-refractivity contribution in [2.24, 2.45) is 11.8 Å². The van der Waals surface area contributed by atoms with Crippen molar-refractivity contribution in [1.82, 2.24) is 0 Å². The molecule has 0 fully saturated rings. The molecule has 2 aromatic carbocycles. The summed E-state index contributed by atoms with van der Waals surface area (Å²) in [6, 6.07) is 2.26. The molecule has 0 bridgehead atoms. The fraction of sp³-hybridized carbons (Fsp3) is 0.556. The molecule has 0 saturated carbocycles. The van der Waals surface area contributed by atoms with Crippen LogP contribution in [0.2, 0.25) is 30.1 Å². The second-order valence-electron chi connectivity index (χ2n) is 12.3. The second kappa shape index (κ2) is 22.9. The maximum absolute atomic E-state index is 13.2. The zero-order valence-corrected chi connectivity index (χ0v) is 33.3. The Balaban J connectivity index is 2.20. The van der Waals surface area contributed by atoms with Crippen molar-refractivity contribution in [3.63, 3.8) is 0 Å². The van der Waals surface area contributed by atoms with E-state index < -0.39 is 46.5 Å². The number of hydrogen-bond donors (Lipinski definition) is 0. The van der Waals surface area contributed by atoms with Gasteiger partial charge in [0.05, 0.1) is 43.3 Å². The zero-order chi connectivity index (χ0) is 37.4. The van der Waals surface area contributed by atoms with E-state index in [0.29, 0.717) is 0 Å². The Kier molecular flexibility index (Phi) is 20.2. The SMILES string of the molecule is CCCCCCCC(C)COC(=O)c1c(Cl)c(Cl)cc(Cl)c1OC(=O)C(=O)Oc1c(Cl)cc(Cl)c(Cl)c1C(=O)OCC(C)CCCCCCC. The number of rotatable bonds is 20. The summed E-state index contributed by atoms with van der Waals surface area (Å²) in [4.78, 5) is 52.4. The van der Waals surface area contributed by atoms with Crippen molar-refractivity contribution in [2.75, 3.05) is 13.2 Å². The number of esters is 4. The van der Waals surface area contributed by atoms with Gasteiger partial charge >= 0.3 is 23.9 Å². The van der Waals surface area contributed by atoms with Gasteiger partial charge in [0.2, 0.25) is 0 Å². The highest BCUT2D eigenvalue weighted by Crippen LogP contribution is 2.42. The average molecular weight is 817 g/mol. The van der Waals surface area contributed by atoms with Crippen molar-refractivity contribution in [3.8, 4) is 11.5 Å². The lowest BCUT2D eigenvalue weighted by atomic mass is 10.0. The van der Waals surface area contributed by atoms with Crippen LogP contribution in [0.5, 0.6) is 11.5 Å². The van der Waals surface area contributed by atoms with Crippen LogP contribution in [0, 0.1) is 11.8 Å². The van der Waals surface area contributed by atoms with Gasteiger partial charge in [0, 0.05) is 0 Å². The van der Waals surface area contributed by atoms with Crippen LogP contribution in [0.25, 0.3) is 0 Å². The molecule has 0 heterocycles. The van der Waals surface area contributed by atoms with E-state index >= 15 is 0 Å². The van der Waals surface area contributed by atoms with Gasteiger partial charge < -0.3 is 18.9 Å². The molecular weight excluding hydrogens is 773 g/mol. The quantitative estimate of drug-likeness (QED) is 0.0428. The summed E-state index contributed by atoms with van der Waals surface area (Å²) < 4.78 is 21.3. The largest absolute Gasteiger partial charge is 0.462 e. The molecule has 0 saturated heterocycles. The number of benzene rings is 2. The van der Waals surface area contributed by atoms with E-state index in [1.165, 1.54) is 12.8 Å². The molecule has 0 aromatic heterocycles. The highest BCUT2D eigenvalue weighted by atomic mass is 35.5.